The first-order chi connectivity index (χ1) is 6.93. The monoisotopic (exact) mass is 190 g/mol. The van der Waals surface area contributed by atoms with Crippen LogP contribution < -0.4 is 10.4 Å². The molecule has 0 aliphatic carbocycles. The molecule has 3 heteroatoms. The lowest BCUT2D eigenvalue weighted by Gasteiger charge is -2.11. The summed E-state index contributed by atoms with van der Waals surface area (Å²) in [4.78, 5) is 0. The third kappa shape index (κ3) is 1.36. The van der Waals surface area contributed by atoms with Crippen LogP contribution in [0.15, 0.2) is 24.3 Å². The summed E-state index contributed by atoms with van der Waals surface area (Å²) in [6.45, 7) is 0.725. The zero-order chi connectivity index (χ0) is 9.38. The van der Waals surface area contributed by atoms with Gasteiger partial charge in [0.05, 0.1) is 19.1 Å². The molecule has 0 N–H and O–H groups in total. The Morgan fingerprint density at radius 3 is 2.07 bits per heavy atom. The van der Waals surface area contributed by atoms with E-state index in [4.69, 9.17) is 14.2 Å². The second kappa shape index (κ2) is 3.03. The van der Waals surface area contributed by atoms with E-state index in [1.54, 1.807) is 12.5 Å². The number of benzene rings is 1. The lowest BCUT2D eigenvalue weighted by molar-refractivity contribution is -0.0428. The van der Waals surface area contributed by atoms with Crippen molar-refractivity contribution in [1.82, 2.24) is 0 Å². The van der Waals surface area contributed by atoms with Crippen LogP contribution in [0, 0.1) is 0 Å². The predicted molar refractivity (Wildman–Crippen MR) is 50.3 cm³/mol. The SMILES string of the molecule is C1=c2ccccc2=COC(C2CO2)O1. The van der Waals surface area contributed by atoms with Gasteiger partial charge in [-0.1, -0.05) is 24.3 Å². The molecule has 72 valence electrons. The van der Waals surface area contributed by atoms with Crippen LogP contribution in [0.1, 0.15) is 0 Å². The largest absolute Gasteiger partial charge is 0.459 e. The molecule has 1 unspecified atom stereocenters. The lowest BCUT2D eigenvalue weighted by Crippen LogP contribution is -2.22. The predicted octanol–water partition coefficient (Wildman–Crippen LogP) is -0.0657. The molecule has 2 aliphatic rings. The molecule has 14 heavy (non-hydrogen) atoms. The van der Waals surface area contributed by atoms with Crippen molar-refractivity contribution >= 4 is 12.5 Å². The maximum atomic E-state index is 5.45. The Hall–Kier alpha value is -1.48. The molecular weight excluding hydrogens is 180 g/mol. The number of rotatable bonds is 1. The molecule has 0 aromatic heterocycles. The highest BCUT2D eigenvalue weighted by molar-refractivity contribution is 5.26. The summed E-state index contributed by atoms with van der Waals surface area (Å²) in [6.07, 6.45) is 3.26. The van der Waals surface area contributed by atoms with E-state index in [0.29, 0.717) is 0 Å². The highest BCUT2D eigenvalue weighted by atomic mass is 16.7. The van der Waals surface area contributed by atoms with Crippen molar-refractivity contribution in [3.63, 3.8) is 0 Å². The van der Waals surface area contributed by atoms with E-state index in [2.05, 4.69) is 0 Å². The molecule has 3 nitrogen and oxygen atoms in total. The Kier molecular flexibility index (Phi) is 1.70. The molecule has 3 rings (SSSR count). The fourth-order valence-corrected chi connectivity index (χ4v) is 1.43. The highest BCUT2D eigenvalue weighted by Crippen LogP contribution is 2.18. The Morgan fingerprint density at radius 1 is 1.00 bits per heavy atom. The molecule has 1 aromatic carbocycles. The van der Waals surface area contributed by atoms with Crippen molar-refractivity contribution in [1.29, 1.82) is 0 Å². The molecular formula is C11H10O3. The van der Waals surface area contributed by atoms with E-state index in [1.165, 1.54) is 0 Å². The van der Waals surface area contributed by atoms with Crippen LogP contribution in [-0.2, 0) is 14.2 Å². The van der Waals surface area contributed by atoms with Gasteiger partial charge in [-0.2, -0.15) is 0 Å². The average molecular weight is 190 g/mol. The first-order valence-corrected chi connectivity index (χ1v) is 4.61. The van der Waals surface area contributed by atoms with Crippen LogP contribution in [0.5, 0.6) is 0 Å². The van der Waals surface area contributed by atoms with E-state index in [-0.39, 0.29) is 12.4 Å². The van der Waals surface area contributed by atoms with Gasteiger partial charge >= 0.3 is 0 Å². The number of epoxide rings is 1. The average Bonchev–Trinajstić information content (AvgIpc) is 3.03. The first-order valence-electron chi connectivity index (χ1n) is 4.61. The number of hydrogen-bond acceptors (Lipinski definition) is 3. The summed E-state index contributed by atoms with van der Waals surface area (Å²) in [6, 6.07) is 7.93. The fraction of sp³-hybridized carbons (Fsp3) is 0.273. The van der Waals surface area contributed by atoms with Crippen LogP contribution >= 0.6 is 0 Å². The van der Waals surface area contributed by atoms with Gasteiger partial charge < -0.3 is 14.2 Å². The van der Waals surface area contributed by atoms with Gasteiger partial charge in [-0.05, 0) is 0 Å². The normalized spacial score (nSPS) is 24.4. The van der Waals surface area contributed by atoms with Gasteiger partial charge in [0.15, 0.2) is 6.10 Å². The third-order valence-corrected chi connectivity index (χ3v) is 2.32. The standard InChI is InChI=1S/C11H10O3/c1-2-4-9-6-14-11(10-7-12-10)13-5-8(9)3-1/h1-6,10-11H,7H2. The Morgan fingerprint density at radius 2 is 1.57 bits per heavy atom. The van der Waals surface area contributed by atoms with Gasteiger partial charge in [0, 0.05) is 10.4 Å². The van der Waals surface area contributed by atoms with Crippen molar-refractivity contribution in [2.75, 3.05) is 6.61 Å². The van der Waals surface area contributed by atoms with Crippen LogP contribution in [0.4, 0.5) is 0 Å². The van der Waals surface area contributed by atoms with Gasteiger partial charge in [-0.3, -0.25) is 0 Å². The van der Waals surface area contributed by atoms with Crippen molar-refractivity contribution < 1.29 is 14.2 Å². The molecule has 1 atom stereocenters. The van der Waals surface area contributed by atoms with Crippen LogP contribution in [0.25, 0.3) is 12.5 Å². The number of ether oxygens (including phenoxy) is 3. The smallest absolute Gasteiger partial charge is 0.267 e. The summed E-state index contributed by atoms with van der Waals surface area (Å²) in [5, 5.41) is 2.08. The Labute approximate surface area is 81.2 Å². The molecule has 1 aromatic rings. The zero-order valence-electron chi connectivity index (χ0n) is 7.55. The highest BCUT2D eigenvalue weighted by Gasteiger charge is 2.35. The Bertz CT molecular complexity index is 411. The number of fused-ring (bicyclic) bond motifs is 1. The van der Waals surface area contributed by atoms with E-state index in [0.717, 1.165) is 17.0 Å². The lowest BCUT2D eigenvalue weighted by atomic mass is 10.3. The molecule has 1 saturated heterocycles. The minimum Gasteiger partial charge on any atom is -0.459 e. The van der Waals surface area contributed by atoms with Gasteiger partial charge in [0.1, 0.15) is 0 Å². The summed E-state index contributed by atoms with van der Waals surface area (Å²) >= 11 is 0. The van der Waals surface area contributed by atoms with Crippen LogP contribution in [0.3, 0.4) is 0 Å². The van der Waals surface area contributed by atoms with E-state index < -0.39 is 0 Å². The minimum atomic E-state index is -0.289. The summed E-state index contributed by atoms with van der Waals surface area (Å²) in [7, 11) is 0. The molecule has 1 fully saturated rings. The van der Waals surface area contributed by atoms with Gasteiger partial charge in [-0.15, -0.1) is 0 Å². The molecule has 2 aliphatic heterocycles. The minimum absolute atomic E-state index is 0.0943. The van der Waals surface area contributed by atoms with Gasteiger partial charge in [-0.25, -0.2) is 0 Å². The fourth-order valence-electron chi connectivity index (χ4n) is 1.43. The zero-order valence-corrected chi connectivity index (χ0v) is 7.55. The molecule has 0 amide bonds. The molecule has 0 saturated carbocycles. The summed E-state index contributed by atoms with van der Waals surface area (Å²) in [5.74, 6) is 0. The van der Waals surface area contributed by atoms with Crippen molar-refractivity contribution in [2.45, 2.75) is 12.4 Å². The van der Waals surface area contributed by atoms with Crippen LogP contribution in [0.2, 0.25) is 0 Å². The summed E-state index contributed by atoms with van der Waals surface area (Å²) in [5.41, 5.74) is 0. The second-order valence-electron chi connectivity index (χ2n) is 3.38. The van der Waals surface area contributed by atoms with Crippen molar-refractivity contribution in [3.8, 4) is 0 Å². The summed E-state index contributed by atoms with van der Waals surface area (Å²) < 4.78 is 16.0. The molecule has 0 spiro atoms. The van der Waals surface area contributed by atoms with E-state index >= 15 is 0 Å². The second-order valence-corrected chi connectivity index (χ2v) is 3.38. The van der Waals surface area contributed by atoms with Crippen molar-refractivity contribution in [2.24, 2.45) is 0 Å². The van der Waals surface area contributed by atoms with Crippen molar-refractivity contribution in [3.05, 3.63) is 34.7 Å². The quantitative estimate of drug-likeness (QED) is 0.581. The molecule has 0 bridgehead atoms. The Balaban J connectivity index is 2.00. The molecule has 0 radical (unpaired) electrons. The van der Waals surface area contributed by atoms with E-state index in [1.807, 2.05) is 24.3 Å². The topological polar surface area (TPSA) is 31.0 Å². The maximum absolute atomic E-state index is 5.45. The first kappa shape index (κ1) is 7.88. The van der Waals surface area contributed by atoms with E-state index in [9.17, 15) is 0 Å². The number of hydrogen-bond donors (Lipinski definition) is 0. The van der Waals surface area contributed by atoms with Crippen LogP contribution in [-0.4, -0.2) is 19.0 Å². The van der Waals surface area contributed by atoms with Gasteiger partial charge in [0.25, 0.3) is 6.29 Å². The maximum Gasteiger partial charge on any atom is 0.267 e. The van der Waals surface area contributed by atoms with Gasteiger partial charge in [0.2, 0.25) is 0 Å². The third-order valence-electron chi connectivity index (χ3n) is 2.32. The molecule has 2 heterocycles.